The van der Waals surface area contributed by atoms with E-state index in [0.29, 0.717) is 18.4 Å². The van der Waals surface area contributed by atoms with Gasteiger partial charge in [0.25, 0.3) is 0 Å². The average Bonchev–Trinajstić information content (AvgIpc) is 3.96. The minimum atomic E-state index is -1.43. The van der Waals surface area contributed by atoms with E-state index in [1.54, 1.807) is 0 Å². The first-order chi connectivity index (χ1) is 22.2. The van der Waals surface area contributed by atoms with Crippen molar-refractivity contribution in [3.63, 3.8) is 0 Å². The predicted molar refractivity (Wildman–Crippen MR) is 162 cm³/mol. The smallest absolute Gasteiger partial charge is 0.337 e. The number of methoxy groups -OCH3 is 1. The van der Waals surface area contributed by atoms with Gasteiger partial charge in [0.2, 0.25) is 0 Å². The highest BCUT2D eigenvalue weighted by molar-refractivity contribution is 6.09. The van der Waals surface area contributed by atoms with Gasteiger partial charge in [0.1, 0.15) is 23.9 Å². The molecule has 0 aromatic heterocycles. The molecule has 0 unspecified atom stereocenters. The standard InChI is InChI=1S/C36H42O11/c1-14(6-7-37)30(41)46-13-35(44)22-10-21(22)33(3)23(35)11-20-18(12-38)32(43)47-36(20)24(33)9-17-16-8-19(16)34(4)26(17)27(36)25(28(39)29(34)40)15(2)31(42)45-5/h6,16,19,21-24,27,29,37-38,40,44H,7-13H2,1-5H3/b14-6-,25-15-/t16-,19-,21-,22+,23-,24+,27+,29+,33+,34+,35+,36+/m1/s1. The zero-order valence-corrected chi connectivity index (χ0v) is 27.3. The highest BCUT2D eigenvalue weighted by atomic mass is 16.6. The van der Waals surface area contributed by atoms with Crippen LogP contribution in [0.15, 0.2) is 45.1 Å². The van der Waals surface area contributed by atoms with Gasteiger partial charge in [-0.15, -0.1) is 0 Å². The van der Waals surface area contributed by atoms with Gasteiger partial charge in [-0.2, -0.15) is 0 Å². The van der Waals surface area contributed by atoms with Gasteiger partial charge in [0.05, 0.1) is 31.8 Å². The lowest BCUT2D eigenvalue weighted by Gasteiger charge is -2.63. The molecule has 5 saturated carbocycles. The number of carbonyl (C=O) groups is 4. The number of esters is 3. The van der Waals surface area contributed by atoms with Gasteiger partial charge in [-0.1, -0.05) is 19.4 Å². The van der Waals surface area contributed by atoms with E-state index in [4.69, 9.17) is 14.2 Å². The van der Waals surface area contributed by atoms with Crippen LogP contribution in [0.5, 0.6) is 0 Å². The minimum absolute atomic E-state index is 0.00883. The first-order valence-corrected chi connectivity index (χ1v) is 16.7. The molecule has 8 aliphatic rings. The van der Waals surface area contributed by atoms with Gasteiger partial charge in [-0.25, -0.2) is 14.4 Å². The molecule has 11 heteroatoms. The van der Waals surface area contributed by atoms with Crippen LogP contribution in [0.25, 0.3) is 0 Å². The maximum atomic E-state index is 14.4. The number of ketones is 1. The maximum Gasteiger partial charge on any atom is 0.337 e. The summed E-state index contributed by atoms with van der Waals surface area (Å²) in [4.78, 5) is 54.1. The number of Topliss-reactive ketones (excluding diaryl/α,β-unsaturated/α-hetero) is 1. The number of hydrogen-bond donors (Lipinski definition) is 4. The van der Waals surface area contributed by atoms with Crippen LogP contribution in [0.2, 0.25) is 0 Å². The van der Waals surface area contributed by atoms with Crippen molar-refractivity contribution in [2.45, 2.75) is 70.7 Å². The van der Waals surface area contributed by atoms with Crippen LogP contribution in [0.1, 0.15) is 53.4 Å². The molecule has 252 valence electrons. The van der Waals surface area contributed by atoms with E-state index in [0.717, 1.165) is 17.6 Å². The van der Waals surface area contributed by atoms with Crippen LogP contribution in [-0.2, 0) is 33.4 Å². The third kappa shape index (κ3) is 3.41. The van der Waals surface area contributed by atoms with E-state index in [9.17, 15) is 39.6 Å². The lowest BCUT2D eigenvalue weighted by atomic mass is 9.42. The number of aliphatic hydroxyl groups excluding tert-OH is 3. The summed E-state index contributed by atoms with van der Waals surface area (Å²) in [5.41, 5.74) is -1.41. The number of ether oxygens (including phenoxy) is 3. The molecule has 4 N–H and O–H groups in total. The first-order valence-electron chi connectivity index (χ1n) is 16.7. The topological polar surface area (TPSA) is 177 Å². The molecular formula is C36H42O11. The van der Waals surface area contributed by atoms with Crippen molar-refractivity contribution in [1.82, 2.24) is 0 Å². The average molecular weight is 651 g/mol. The van der Waals surface area contributed by atoms with E-state index >= 15 is 0 Å². The summed E-state index contributed by atoms with van der Waals surface area (Å²) in [7, 11) is 1.23. The Morgan fingerprint density at radius 2 is 1.74 bits per heavy atom. The summed E-state index contributed by atoms with van der Waals surface area (Å²) < 4.78 is 17.3. The Morgan fingerprint density at radius 1 is 1.02 bits per heavy atom. The first kappa shape index (κ1) is 31.2. The van der Waals surface area contributed by atoms with Crippen LogP contribution in [-0.4, -0.2) is 88.4 Å². The molecule has 5 fully saturated rings. The SMILES string of the molecule is COC(=O)/C(C)=C1\C(=O)[C@H](O)[C@]2(C)C3=C(C[C@@H]4[C@]5(OC(=O)C(CO)=C5C[C@H]5[C@](O)(COC(=O)/C(C)=C\CO)[C@H]6C[C@H]6[C@]45C)[C@H]31)[C@H]1C[C@H]12. The van der Waals surface area contributed by atoms with Gasteiger partial charge in [0.15, 0.2) is 5.78 Å². The van der Waals surface area contributed by atoms with E-state index in [2.05, 4.69) is 6.92 Å². The summed E-state index contributed by atoms with van der Waals surface area (Å²) >= 11 is 0. The lowest BCUT2D eigenvalue weighted by Crippen LogP contribution is -2.67. The van der Waals surface area contributed by atoms with Crippen LogP contribution in [0.3, 0.4) is 0 Å². The second-order valence-electron chi connectivity index (χ2n) is 15.7. The number of hydrogen-bond acceptors (Lipinski definition) is 11. The molecule has 0 aromatic carbocycles. The molecule has 8 rings (SSSR count). The number of fused-ring (bicyclic) bond motifs is 7. The van der Waals surface area contributed by atoms with E-state index < -0.39 is 76.2 Å². The largest absolute Gasteiger partial charge is 0.466 e. The molecule has 1 aliphatic heterocycles. The molecule has 47 heavy (non-hydrogen) atoms. The molecule has 7 aliphatic carbocycles. The van der Waals surface area contributed by atoms with Crippen LogP contribution in [0.4, 0.5) is 0 Å². The van der Waals surface area contributed by atoms with Crippen LogP contribution in [0, 0.1) is 52.3 Å². The Hall–Kier alpha value is -3.12. The fourth-order valence-electron chi connectivity index (χ4n) is 12.1. The van der Waals surface area contributed by atoms with Crippen molar-refractivity contribution in [3.05, 3.63) is 45.1 Å². The molecule has 11 nitrogen and oxygen atoms in total. The van der Waals surface area contributed by atoms with Crippen molar-refractivity contribution in [3.8, 4) is 0 Å². The molecular weight excluding hydrogens is 608 g/mol. The summed E-state index contributed by atoms with van der Waals surface area (Å²) in [6.07, 6.45) is 2.16. The Labute approximate surface area is 272 Å². The molecule has 0 saturated heterocycles. The van der Waals surface area contributed by atoms with Gasteiger partial charge < -0.3 is 34.6 Å². The van der Waals surface area contributed by atoms with Gasteiger partial charge in [0, 0.05) is 34.0 Å². The lowest BCUT2D eigenvalue weighted by molar-refractivity contribution is -0.191. The summed E-state index contributed by atoms with van der Waals surface area (Å²) in [6.45, 7) is 5.89. The Morgan fingerprint density at radius 3 is 2.40 bits per heavy atom. The quantitative estimate of drug-likeness (QED) is 0.142. The Balaban J connectivity index is 1.34. The van der Waals surface area contributed by atoms with E-state index in [1.165, 1.54) is 27.0 Å². The number of allylic oxidation sites excluding steroid dienone is 1. The molecule has 1 spiro atoms. The Bertz CT molecular complexity index is 1700. The zero-order chi connectivity index (χ0) is 33.7. The maximum absolute atomic E-state index is 14.4. The second kappa shape index (κ2) is 9.52. The second-order valence-corrected chi connectivity index (χ2v) is 15.7. The van der Waals surface area contributed by atoms with Gasteiger partial charge in [-0.05, 0) is 85.8 Å². The summed E-state index contributed by atoms with van der Waals surface area (Å²) in [5, 5.41) is 44.1. The van der Waals surface area contributed by atoms with Crippen molar-refractivity contribution in [2.75, 3.05) is 26.9 Å². The van der Waals surface area contributed by atoms with Crippen LogP contribution < -0.4 is 0 Å². The normalized spacial score (nSPS) is 47.7. The minimum Gasteiger partial charge on any atom is -0.466 e. The van der Waals surface area contributed by atoms with E-state index in [1.807, 2.05) is 6.92 Å². The molecule has 0 radical (unpaired) electrons. The van der Waals surface area contributed by atoms with Crippen molar-refractivity contribution in [2.24, 2.45) is 52.3 Å². The van der Waals surface area contributed by atoms with Gasteiger partial charge in [-0.3, -0.25) is 4.79 Å². The summed E-state index contributed by atoms with van der Waals surface area (Å²) in [6, 6.07) is 0. The van der Waals surface area contributed by atoms with E-state index in [-0.39, 0.29) is 65.6 Å². The van der Waals surface area contributed by atoms with Crippen molar-refractivity contribution in [1.29, 1.82) is 0 Å². The fraction of sp³-hybridized carbons (Fsp3) is 0.667. The Kier molecular flexibility index (Phi) is 6.31. The third-order valence-electron chi connectivity index (χ3n) is 14.3. The highest BCUT2D eigenvalue weighted by Crippen LogP contribution is 2.83. The van der Waals surface area contributed by atoms with Crippen LogP contribution >= 0.6 is 0 Å². The van der Waals surface area contributed by atoms with Gasteiger partial charge >= 0.3 is 17.9 Å². The number of carbonyl (C=O) groups excluding carboxylic acids is 4. The molecule has 1 heterocycles. The third-order valence-corrected chi connectivity index (χ3v) is 14.3. The predicted octanol–water partition coefficient (Wildman–Crippen LogP) is 1.48. The number of aliphatic hydroxyl groups is 4. The monoisotopic (exact) mass is 650 g/mol. The molecule has 12 atom stereocenters. The van der Waals surface area contributed by atoms with Crippen molar-refractivity contribution >= 4 is 23.7 Å². The molecule has 0 aromatic rings. The summed E-state index contributed by atoms with van der Waals surface area (Å²) in [5.74, 6) is -4.35. The zero-order valence-electron chi connectivity index (χ0n) is 27.3. The molecule has 0 amide bonds. The molecule has 0 bridgehead atoms. The number of rotatable bonds is 6. The fourth-order valence-corrected chi connectivity index (χ4v) is 12.1. The van der Waals surface area contributed by atoms with Crippen molar-refractivity contribution < 1.29 is 53.8 Å². The highest BCUT2D eigenvalue weighted by Gasteiger charge is 2.84.